The summed E-state index contributed by atoms with van der Waals surface area (Å²) in [5, 5.41) is 3.38. The van der Waals surface area contributed by atoms with E-state index in [1.807, 2.05) is 60.0 Å². The number of hydrogen-bond acceptors (Lipinski definition) is 7. The summed E-state index contributed by atoms with van der Waals surface area (Å²) in [6.45, 7) is 5.34. The van der Waals surface area contributed by atoms with Crippen LogP contribution < -0.4 is 10.9 Å². The van der Waals surface area contributed by atoms with Gasteiger partial charge in [-0.1, -0.05) is 47.4 Å². The topological polar surface area (TPSA) is 78.2 Å². The highest BCUT2D eigenvalue weighted by atomic mass is 32.2. The van der Waals surface area contributed by atoms with E-state index < -0.39 is 0 Å². The summed E-state index contributed by atoms with van der Waals surface area (Å²) in [7, 11) is 0. The molecule has 186 valence electrons. The molecular weight excluding hydrogens is 513 g/mol. The Kier molecular flexibility index (Phi) is 7.38. The van der Waals surface area contributed by atoms with Crippen molar-refractivity contribution in [2.75, 3.05) is 18.9 Å². The fourth-order valence-electron chi connectivity index (χ4n) is 4.14. The van der Waals surface area contributed by atoms with Crippen LogP contribution in [-0.2, 0) is 9.53 Å². The second kappa shape index (κ2) is 10.7. The van der Waals surface area contributed by atoms with Crippen LogP contribution in [0.25, 0.3) is 21.7 Å². The van der Waals surface area contributed by atoms with Crippen LogP contribution in [0.3, 0.4) is 0 Å². The van der Waals surface area contributed by atoms with Crippen LogP contribution in [0, 0.1) is 17.8 Å². The number of para-hydroxylation sites is 1. The molecule has 0 spiro atoms. The molecule has 1 saturated heterocycles. The SMILES string of the molecule is Cc1ccc(-n2c(=S)sc3c(=O)n(-c4ccccc4)c(SCC(=O)NC[C@H]4CCCO4)nc32)cc1C. The van der Waals surface area contributed by atoms with E-state index in [1.165, 1.54) is 28.7 Å². The molecule has 7 nitrogen and oxygen atoms in total. The van der Waals surface area contributed by atoms with E-state index in [0.717, 1.165) is 30.7 Å². The number of carbonyl (C=O) groups excluding carboxylic acids is 1. The Morgan fingerprint density at radius 1 is 1.17 bits per heavy atom. The fourth-order valence-corrected chi connectivity index (χ4v) is 6.28. The van der Waals surface area contributed by atoms with Gasteiger partial charge in [0, 0.05) is 18.8 Å². The second-order valence-corrected chi connectivity index (χ2v) is 11.3. The molecule has 0 aliphatic carbocycles. The molecule has 1 aliphatic heterocycles. The van der Waals surface area contributed by atoms with Crippen LogP contribution >= 0.6 is 35.3 Å². The largest absolute Gasteiger partial charge is 0.376 e. The van der Waals surface area contributed by atoms with Crippen LogP contribution in [0.4, 0.5) is 0 Å². The van der Waals surface area contributed by atoms with Crippen molar-refractivity contribution in [2.45, 2.75) is 37.9 Å². The van der Waals surface area contributed by atoms with E-state index in [0.29, 0.717) is 31.7 Å². The number of thioether (sulfide) groups is 1. The Bertz CT molecular complexity index is 1540. The quantitative estimate of drug-likeness (QED) is 0.203. The van der Waals surface area contributed by atoms with Gasteiger partial charge in [0.25, 0.3) is 5.56 Å². The summed E-state index contributed by atoms with van der Waals surface area (Å²) in [5.74, 6) is 0.00668. The third kappa shape index (κ3) is 5.04. The van der Waals surface area contributed by atoms with Gasteiger partial charge in [-0.2, -0.15) is 0 Å². The van der Waals surface area contributed by atoms with Crippen molar-refractivity contribution < 1.29 is 9.53 Å². The molecule has 0 unspecified atom stereocenters. The van der Waals surface area contributed by atoms with Gasteiger partial charge in [-0.15, -0.1) is 0 Å². The summed E-state index contributed by atoms with van der Waals surface area (Å²) in [4.78, 5) is 31.3. The van der Waals surface area contributed by atoms with Gasteiger partial charge in [-0.3, -0.25) is 18.7 Å². The number of thiazole rings is 1. The smallest absolute Gasteiger partial charge is 0.278 e. The van der Waals surface area contributed by atoms with Gasteiger partial charge >= 0.3 is 0 Å². The van der Waals surface area contributed by atoms with Crippen molar-refractivity contribution in [1.29, 1.82) is 0 Å². The fraction of sp³-hybridized carbons (Fsp3) is 0.308. The Hall–Kier alpha value is -2.79. The number of amides is 1. The monoisotopic (exact) mass is 538 g/mol. The van der Waals surface area contributed by atoms with E-state index in [1.54, 1.807) is 4.57 Å². The molecule has 1 N–H and O–H groups in total. The maximum atomic E-state index is 13.8. The van der Waals surface area contributed by atoms with Crippen LogP contribution in [0.2, 0.25) is 0 Å². The first kappa shape index (κ1) is 24.9. The van der Waals surface area contributed by atoms with Crippen molar-refractivity contribution in [3.63, 3.8) is 0 Å². The zero-order valence-corrected chi connectivity index (χ0v) is 22.5. The van der Waals surface area contributed by atoms with E-state index in [4.69, 9.17) is 21.9 Å². The molecule has 4 aromatic rings. The van der Waals surface area contributed by atoms with Gasteiger partial charge in [-0.25, -0.2) is 4.98 Å². The summed E-state index contributed by atoms with van der Waals surface area (Å²) >= 11 is 8.17. The number of carbonyl (C=O) groups is 1. The molecule has 1 fully saturated rings. The summed E-state index contributed by atoms with van der Waals surface area (Å²) in [6, 6.07) is 15.4. The van der Waals surface area contributed by atoms with E-state index in [2.05, 4.69) is 12.2 Å². The molecule has 1 atom stereocenters. The van der Waals surface area contributed by atoms with Crippen LogP contribution in [0.15, 0.2) is 58.5 Å². The molecule has 1 aliphatic rings. The highest BCUT2D eigenvalue weighted by molar-refractivity contribution is 7.99. The molecule has 0 saturated carbocycles. The van der Waals surface area contributed by atoms with Gasteiger partial charge in [0.15, 0.2) is 14.8 Å². The van der Waals surface area contributed by atoms with E-state index in [-0.39, 0.29) is 23.3 Å². The van der Waals surface area contributed by atoms with Gasteiger partial charge < -0.3 is 10.1 Å². The number of aromatic nitrogens is 3. The normalized spacial score (nSPS) is 15.4. The van der Waals surface area contributed by atoms with Crippen molar-refractivity contribution in [3.8, 4) is 11.4 Å². The lowest BCUT2D eigenvalue weighted by Crippen LogP contribution is -2.33. The summed E-state index contributed by atoms with van der Waals surface area (Å²) in [6.07, 6.45) is 2.05. The first-order valence-corrected chi connectivity index (χ1v) is 14.0. The third-order valence-corrected chi connectivity index (χ3v) is 8.51. The number of ether oxygens (including phenoxy) is 1. The van der Waals surface area contributed by atoms with Crippen LogP contribution in [-0.4, -0.2) is 45.0 Å². The molecule has 2 aromatic heterocycles. The highest BCUT2D eigenvalue weighted by Gasteiger charge is 2.21. The Labute approximate surface area is 222 Å². The number of nitrogens with zero attached hydrogens (tertiary/aromatic N) is 3. The van der Waals surface area contributed by atoms with Gasteiger partial charge in [0.2, 0.25) is 5.91 Å². The average molecular weight is 539 g/mol. The number of aryl methyl sites for hydroxylation is 2. The number of benzene rings is 2. The summed E-state index contributed by atoms with van der Waals surface area (Å²) in [5.41, 5.74) is 4.17. The Morgan fingerprint density at radius 3 is 2.69 bits per heavy atom. The van der Waals surface area contributed by atoms with Crippen molar-refractivity contribution in [1.82, 2.24) is 19.4 Å². The lowest BCUT2D eigenvalue weighted by Gasteiger charge is -2.14. The maximum Gasteiger partial charge on any atom is 0.278 e. The predicted octanol–water partition coefficient (Wildman–Crippen LogP) is 4.97. The molecule has 2 aromatic carbocycles. The van der Waals surface area contributed by atoms with E-state index in [9.17, 15) is 9.59 Å². The zero-order chi connectivity index (χ0) is 25.2. The third-order valence-electron chi connectivity index (χ3n) is 6.22. The molecule has 0 radical (unpaired) electrons. The van der Waals surface area contributed by atoms with Crippen LogP contribution in [0.5, 0.6) is 0 Å². The number of hydrogen-bond donors (Lipinski definition) is 1. The maximum absolute atomic E-state index is 13.8. The Morgan fingerprint density at radius 2 is 1.97 bits per heavy atom. The van der Waals surface area contributed by atoms with Gasteiger partial charge in [0.05, 0.1) is 17.5 Å². The molecule has 0 bridgehead atoms. The number of fused-ring (bicyclic) bond motifs is 1. The second-order valence-electron chi connectivity index (χ2n) is 8.72. The van der Waals surface area contributed by atoms with Crippen molar-refractivity contribution >= 4 is 51.6 Å². The van der Waals surface area contributed by atoms with Crippen molar-refractivity contribution in [2.24, 2.45) is 0 Å². The number of nitrogens with one attached hydrogen (secondary N) is 1. The lowest BCUT2D eigenvalue weighted by molar-refractivity contribution is -0.119. The summed E-state index contributed by atoms with van der Waals surface area (Å²) < 4.78 is 10.0. The molecular formula is C26H26N4O3S3. The van der Waals surface area contributed by atoms with Crippen LogP contribution in [0.1, 0.15) is 24.0 Å². The highest BCUT2D eigenvalue weighted by Crippen LogP contribution is 2.28. The van der Waals surface area contributed by atoms with Gasteiger partial charge in [-0.05, 0) is 74.3 Å². The minimum Gasteiger partial charge on any atom is -0.376 e. The van der Waals surface area contributed by atoms with Gasteiger partial charge in [0.1, 0.15) is 4.70 Å². The minimum absolute atomic E-state index is 0.0733. The first-order chi connectivity index (χ1) is 17.4. The zero-order valence-electron chi connectivity index (χ0n) is 20.0. The molecule has 3 heterocycles. The standard InChI is InChI=1S/C26H26N4O3S3/c1-16-10-11-19(13-17(16)2)29-23-22(36-26(29)34)24(32)30(18-7-4-3-5-8-18)25(28-23)35-15-21(31)27-14-20-9-6-12-33-20/h3-5,7-8,10-11,13,20H,6,9,12,14-15H2,1-2H3,(H,27,31)/t20-/m1/s1. The van der Waals surface area contributed by atoms with Crippen molar-refractivity contribution in [3.05, 3.63) is 74.0 Å². The molecule has 1 amide bonds. The first-order valence-electron chi connectivity index (χ1n) is 11.7. The average Bonchev–Trinajstić information content (AvgIpc) is 3.51. The predicted molar refractivity (Wildman–Crippen MR) is 148 cm³/mol. The minimum atomic E-state index is -0.202. The van der Waals surface area contributed by atoms with E-state index >= 15 is 0 Å². The molecule has 10 heteroatoms. The number of rotatable bonds is 7. The lowest BCUT2D eigenvalue weighted by atomic mass is 10.1. The molecule has 36 heavy (non-hydrogen) atoms. The Balaban J connectivity index is 1.55. The molecule has 5 rings (SSSR count).